The second kappa shape index (κ2) is 6.37. The van der Waals surface area contributed by atoms with Gasteiger partial charge >= 0.3 is 0 Å². The number of rotatable bonds is 1. The van der Waals surface area contributed by atoms with Crippen molar-refractivity contribution < 1.29 is 0 Å². The van der Waals surface area contributed by atoms with Gasteiger partial charge in [0.1, 0.15) is 0 Å². The Balaban J connectivity index is 1.73. The van der Waals surface area contributed by atoms with E-state index in [0.717, 1.165) is 5.69 Å². The van der Waals surface area contributed by atoms with Crippen molar-refractivity contribution in [3.8, 4) is 11.3 Å². The molecule has 30 heavy (non-hydrogen) atoms. The molecule has 6 aromatic rings. The van der Waals surface area contributed by atoms with Crippen LogP contribution in [0.4, 0.5) is 0 Å². The molecule has 3 aromatic heterocycles. The van der Waals surface area contributed by atoms with E-state index in [0.29, 0.717) is 0 Å². The minimum atomic E-state index is 0.0586. The highest BCUT2D eigenvalue weighted by Gasteiger charge is 2.20. The molecule has 146 valence electrons. The van der Waals surface area contributed by atoms with Crippen LogP contribution in [0.2, 0.25) is 0 Å². The fraction of sp³-hybridized carbons (Fsp3) is 0.148. The van der Waals surface area contributed by atoms with Crippen molar-refractivity contribution in [3.05, 3.63) is 77.8 Å². The fourth-order valence-electron chi connectivity index (χ4n) is 4.51. The molecular formula is C27H21NS2. The predicted molar refractivity (Wildman–Crippen MR) is 134 cm³/mol. The first-order valence-electron chi connectivity index (χ1n) is 10.2. The Kier molecular flexibility index (Phi) is 3.83. The van der Waals surface area contributed by atoms with Crippen LogP contribution in [0.3, 0.4) is 0 Å². The maximum absolute atomic E-state index is 4.91. The van der Waals surface area contributed by atoms with E-state index in [9.17, 15) is 0 Å². The maximum atomic E-state index is 4.91. The van der Waals surface area contributed by atoms with Gasteiger partial charge in [-0.15, -0.1) is 22.7 Å². The monoisotopic (exact) mass is 423 g/mol. The molecule has 3 heteroatoms. The van der Waals surface area contributed by atoms with E-state index in [1.165, 1.54) is 52.2 Å². The molecule has 0 N–H and O–H groups in total. The molecule has 0 atom stereocenters. The summed E-state index contributed by atoms with van der Waals surface area (Å²) in [6, 6.07) is 22.3. The van der Waals surface area contributed by atoms with Gasteiger partial charge in [0.15, 0.2) is 0 Å². The standard InChI is InChI=1S/C27H21NS2/c1-27(2,3)21-15-17(14-16-6-4-5-7-18(16)21)25-24-20-8-9-22-19(11-13-29-22)26(20)30-23(24)10-12-28-25/h4-15H,1-3H3. The molecule has 0 aliphatic rings. The van der Waals surface area contributed by atoms with Crippen molar-refractivity contribution in [2.75, 3.05) is 0 Å². The van der Waals surface area contributed by atoms with Gasteiger partial charge in [-0.25, -0.2) is 0 Å². The average Bonchev–Trinajstić information content (AvgIpc) is 3.36. The third-order valence-corrected chi connectivity index (χ3v) is 8.01. The van der Waals surface area contributed by atoms with E-state index in [4.69, 9.17) is 4.98 Å². The van der Waals surface area contributed by atoms with Crippen molar-refractivity contribution in [1.29, 1.82) is 0 Å². The van der Waals surface area contributed by atoms with Crippen molar-refractivity contribution >= 4 is 63.7 Å². The second-order valence-corrected chi connectivity index (χ2v) is 10.9. The molecular weight excluding hydrogens is 402 g/mol. The lowest BCUT2D eigenvalue weighted by atomic mass is 9.82. The SMILES string of the molecule is CC(C)(C)c1cc(-c2nccc3sc4c5ccsc5ccc4c23)cc2ccccc12. The van der Waals surface area contributed by atoms with Crippen LogP contribution in [-0.4, -0.2) is 4.98 Å². The number of hydrogen-bond acceptors (Lipinski definition) is 3. The minimum Gasteiger partial charge on any atom is -0.256 e. The molecule has 3 aromatic carbocycles. The minimum absolute atomic E-state index is 0.0586. The number of benzene rings is 3. The van der Waals surface area contributed by atoms with Crippen LogP contribution in [-0.2, 0) is 5.41 Å². The zero-order valence-corrected chi connectivity index (χ0v) is 18.8. The number of fused-ring (bicyclic) bond motifs is 6. The summed E-state index contributed by atoms with van der Waals surface area (Å²) in [5, 5.41) is 8.75. The smallest absolute Gasteiger partial charge is 0.0795 e. The first kappa shape index (κ1) is 18.1. The lowest BCUT2D eigenvalue weighted by Crippen LogP contribution is -2.12. The zero-order valence-electron chi connectivity index (χ0n) is 17.2. The summed E-state index contributed by atoms with van der Waals surface area (Å²) in [5.74, 6) is 0. The van der Waals surface area contributed by atoms with Crippen LogP contribution < -0.4 is 0 Å². The van der Waals surface area contributed by atoms with Crippen LogP contribution in [0.25, 0.3) is 52.3 Å². The quantitative estimate of drug-likeness (QED) is 0.257. The summed E-state index contributed by atoms with van der Waals surface area (Å²) in [6.45, 7) is 6.87. The molecule has 0 bridgehead atoms. The Labute approximate surface area is 183 Å². The van der Waals surface area contributed by atoms with Gasteiger partial charge < -0.3 is 0 Å². The van der Waals surface area contributed by atoms with Crippen molar-refractivity contribution in [1.82, 2.24) is 4.98 Å². The Hall–Kier alpha value is -2.75. The van der Waals surface area contributed by atoms with Crippen LogP contribution >= 0.6 is 22.7 Å². The van der Waals surface area contributed by atoms with Crippen molar-refractivity contribution in [3.63, 3.8) is 0 Å². The molecule has 0 amide bonds. The lowest BCUT2D eigenvalue weighted by Gasteiger charge is -2.23. The van der Waals surface area contributed by atoms with Gasteiger partial charge in [-0.3, -0.25) is 4.98 Å². The van der Waals surface area contributed by atoms with E-state index in [1.807, 2.05) is 28.9 Å². The van der Waals surface area contributed by atoms with Gasteiger partial charge in [0.2, 0.25) is 0 Å². The molecule has 3 heterocycles. The van der Waals surface area contributed by atoms with Gasteiger partial charge in [0.05, 0.1) is 5.69 Å². The van der Waals surface area contributed by atoms with Crippen LogP contribution in [0.15, 0.2) is 72.2 Å². The number of nitrogens with zero attached hydrogens (tertiary/aromatic N) is 1. The van der Waals surface area contributed by atoms with E-state index < -0.39 is 0 Å². The number of thiophene rings is 2. The molecule has 0 fully saturated rings. The molecule has 6 rings (SSSR count). The number of hydrogen-bond donors (Lipinski definition) is 0. The second-order valence-electron chi connectivity index (χ2n) is 8.90. The third kappa shape index (κ3) is 2.62. The topological polar surface area (TPSA) is 12.9 Å². The highest BCUT2D eigenvalue weighted by molar-refractivity contribution is 7.27. The van der Waals surface area contributed by atoms with E-state index in [-0.39, 0.29) is 5.41 Å². The summed E-state index contributed by atoms with van der Waals surface area (Å²) in [4.78, 5) is 4.91. The normalized spacial score (nSPS) is 12.5. The van der Waals surface area contributed by atoms with Crippen LogP contribution in [0.1, 0.15) is 26.3 Å². The van der Waals surface area contributed by atoms with Crippen LogP contribution in [0, 0.1) is 0 Å². The summed E-state index contributed by atoms with van der Waals surface area (Å²) in [5.41, 5.74) is 3.72. The van der Waals surface area contributed by atoms with Crippen LogP contribution in [0.5, 0.6) is 0 Å². The zero-order chi connectivity index (χ0) is 20.5. The maximum Gasteiger partial charge on any atom is 0.0795 e. The van der Waals surface area contributed by atoms with Gasteiger partial charge in [-0.2, -0.15) is 0 Å². The summed E-state index contributed by atoms with van der Waals surface area (Å²) in [7, 11) is 0. The van der Waals surface area contributed by atoms with E-state index >= 15 is 0 Å². The largest absolute Gasteiger partial charge is 0.256 e. The molecule has 0 saturated heterocycles. The molecule has 0 saturated carbocycles. The lowest BCUT2D eigenvalue weighted by molar-refractivity contribution is 0.596. The summed E-state index contributed by atoms with van der Waals surface area (Å²) in [6.07, 6.45) is 1.96. The Morgan fingerprint density at radius 2 is 1.67 bits per heavy atom. The van der Waals surface area contributed by atoms with E-state index in [2.05, 4.69) is 86.8 Å². The van der Waals surface area contributed by atoms with Gasteiger partial charge in [0, 0.05) is 42.0 Å². The Morgan fingerprint density at radius 1 is 0.800 bits per heavy atom. The van der Waals surface area contributed by atoms with Crippen molar-refractivity contribution in [2.45, 2.75) is 26.2 Å². The first-order chi connectivity index (χ1) is 14.5. The fourth-order valence-corrected chi connectivity index (χ4v) is 6.59. The highest BCUT2D eigenvalue weighted by Crippen LogP contribution is 2.44. The first-order valence-corrected chi connectivity index (χ1v) is 11.9. The van der Waals surface area contributed by atoms with E-state index in [1.54, 1.807) is 0 Å². The average molecular weight is 424 g/mol. The Morgan fingerprint density at radius 3 is 2.53 bits per heavy atom. The molecule has 1 nitrogen and oxygen atoms in total. The van der Waals surface area contributed by atoms with Gasteiger partial charge in [0.25, 0.3) is 0 Å². The molecule has 0 aliphatic heterocycles. The summed E-state index contributed by atoms with van der Waals surface area (Å²) < 4.78 is 4.03. The highest BCUT2D eigenvalue weighted by atomic mass is 32.1. The third-order valence-electron chi connectivity index (χ3n) is 5.92. The predicted octanol–water partition coefficient (Wildman–Crippen LogP) is 8.78. The van der Waals surface area contributed by atoms with Gasteiger partial charge in [-0.1, -0.05) is 51.1 Å². The Bertz CT molecular complexity index is 1580. The number of aromatic nitrogens is 1. The molecule has 0 radical (unpaired) electrons. The van der Waals surface area contributed by atoms with Crippen molar-refractivity contribution in [2.24, 2.45) is 0 Å². The van der Waals surface area contributed by atoms with Gasteiger partial charge in [-0.05, 0) is 57.5 Å². The summed E-state index contributed by atoms with van der Waals surface area (Å²) >= 11 is 3.69. The molecule has 0 unspecified atom stereocenters. The molecule has 0 aliphatic carbocycles. The molecule has 0 spiro atoms. The number of pyridine rings is 1.